The van der Waals surface area contributed by atoms with Crippen molar-refractivity contribution in [2.24, 2.45) is 0 Å². The zero-order valence-corrected chi connectivity index (χ0v) is 14.8. The van der Waals surface area contributed by atoms with E-state index in [0.29, 0.717) is 35.4 Å². The Bertz CT molecular complexity index is 740. The molecular weight excluding hydrogens is 347 g/mol. The van der Waals surface area contributed by atoms with Crippen LogP contribution in [0.3, 0.4) is 0 Å². The van der Waals surface area contributed by atoms with E-state index in [9.17, 15) is 9.18 Å². The smallest absolute Gasteiger partial charge is 0.243 e. The molecule has 0 bridgehead atoms. The molecule has 2 rings (SSSR count). The Morgan fingerprint density at radius 1 is 1.08 bits per heavy atom. The monoisotopic (exact) mass is 366 g/mol. The first kappa shape index (κ1) is 18.9. The van der Waals surface area contributed by atoms with Gasteiger partial charge in [-0.1, -0.05) is 11.6 Å². The number of carbonyl (C=O) groups is 1. The summed E-state index contributed by atoms with van der Waals surface area (Å²) < 4.78 is 24.6. The second kappa shape index (κ2) is 9.13. The molecule has 0 fully saturated rings. The van der Waals surface area contributed by atoms with E-state index in [0.717, 1.165) is 0 Å². The lowest BCUT2D eigenvalue weighted by molar-refractivity contribution is -0.114. The Morgan fingerprint density at radius 2 is 1.84 bits per heavy atom. The van der Waals surface area contributed by atoms with Gasteiger partial charge in [-0.25, -0.2) is 4.39 Å². The molecule has 25 heavy (non-hydrogen) atoms. The van der Waals surface area contributed by atoms with E-state index < -0.39 is 5.82 Å². The second-order valence-corrected chi connectivity index (χ2v) is 5.49. The molecule has 5 nitrogen and oxygen atoms in total. The third-order valence-corrected chi connectivity index (χ3v) is 3.44. The molecule has 0 aliphatic carbocycles. The van der Waals surface area contributed by atoms with Crippen LogP contribution in [0.4, 0.5) is 15.8 Å². The molecule has 2 N–H and O–H groups in total. The minimum atomic E-state index is -0.481. The summed E-state index contributed by atoms with van der Waals surface area (Å²) in [5.41, 5.74) is 0.655. The molecule has 1 amide bonds. The number of anilines is 2. The molecule has 2 aromatic carbocycles. The summed E-state index contributed by atoms with van der Waals surface area (Å²) in [4.78, 5) is 12.2. The summed E-state index contributed by atoms with van der Waals surface area (Å²) in [5.74, 6) is 0.322. The third kappa shape index (κ3) is 5.53. The molecule has 2 aromatic rings. The number of ether oxygens (including phenoxy) is 2. The van der Waals surface area contributed by atoms with Gasteiger partial charge in [0.05, 0.1) is 31.1 Å². The van der Waals surface area contributed by atoms with Crippen molar-refractivity contribution in [3.63, 3.8) is 0 Å². The largest absolute Gasteiger partial charge is 0.494 e. The molecule has 0 spiro atoms. The predicted octanol–water partition coefficient (Wildman–Crippen LogP) is 4.33. The van der Waals surface area contributed by atoms with Gasteiger partial charge in [-0.2, -0.15) is 0 Å². The molecule has 0 aromatic heterocycles. The summed E-state index contributed by atoms with van der Waals surface area (Å²) in [6.45, 7) is 4.57. The van der Waals surface area contributed by atoms with Gasteiger partial charge >= 0.3 is 0 Å². The molecule has 0 saturated heterocycles. The van der Waals surface area contributed by atoms with Crippen molar-refractivity contribution in [1.82, 2.24) is 0 Å². The Hall–Kier alpha value is -2.47. The van der Waals surface area contributed by atoms with E-state index in [4.69, 9.17) is 21.1 Å². The van der Waals surface area contributed by atoms with Gasteiger partial charge < -0.3 is 20.1 Å². The zero-order valence-electron chi connectivity index (χ0n) is 14.1. The molecule has 7 heteroatoms. The Balaban J connectivity index is 2.05. The van der Waals surface area contributed by atoms with Crippen molar-refractivity contribution in [2.75, 3.05) is 30.4 Å². The number of amides is 1. The molecule has 0 radical (unpaired) electrons. The Morgan fingerprint density at radius 3 is 2.56 bits per heavy atom. The SMILES string of the molecule is CCOc1ccc(OCC)c(NC(=O)CNc2cc(Cl)ccc2F)c1. The van der Waals surface area contributed by atoms with Gasteiger partial charge in [0.1, 0.15) is 17.3 Å². The molecule has 0 heterocycles. The third-order valence-electron chi connectivity index (χ3n) is 3.20. The van der Waals surface area contributed by atoms with Crippen molar-refractivity contribution in [3.8, 4) is 11.5 Å². The predicted molar refractivity (Wildman–Crippen MR) is 97.3 cm³/mol. The number of halogens is 2. The van der Waals surface area contributed by atoms with Crippen molar-refractivity contribution >= 4 is 28.9 Å². The maximum atomic E-state index is 13.7. The molecule has 0 atom stereocenters. The first-order valence-electron chi connectivity index (χ1n) is 7.92. The number of nitrogens with one attached hydrogen (secondary N) is 2. The fourth-order valence-corrected chi connectivity index (χ4v) is 2.32. The lowest BCUT2D eigenvalue weighted by atomic mass is 10.2. The van der Waals surface area contributed by atoms with Crippen LogP contribution in [-0.2, 0) is 4.79 Å². The highest BCUT2D eigenvalue weighted by atomic mass is 35.5. The zero-order chi connectivity index (χ0) is 18.2. The molecule has 134 valence electrons. The number of hydrogen-bond acceptors (Lipinski definition) is 4. The average Bonchev–Trinajstić information content (AvgIpc) is 2.58. The van der Waals surface area contributed by atoms with Crippen LogP contribution >= 0.6 is 11.6 Å². The van der Waals surface area contributed by atoms with Crippen LogP contribution in [-0.4, -0.2) is 25.7 Å². The summed E-state index contributed by atoms with van der Waals surface area (Å²) >= 11 is 5.83. The standard InChI is InChI=1S/C18H20ClFN2O3/c1-3-24-13-6-8-17(25-4-2)16(10-13)22-18(23)11-21-15-9-12(19)5-7-14(15)20/h5-10,21H,3-4,11H2,1-2H3,(H,22,23). The number of benzene rings is 2. The van der Waals surface area contributed by atoms with Crippen molar-refractivity contribution in [2.45, 2.75) is 13.8 Å². The van der Waals surface area contributed by atoms with E-state index in [2.05, 4.69) is 10.6 Å². The summed E-state index contributed by atoms with van der Waals surface area (Å²) in [6.07, 6.45) is 0. The lowest BCUT2D eigenvalue weighted by Crippen LogP contribution is -2.22. The normalized spacial score (nSPS) is 10.2. The van der Waals surface area contributed by atoms with Crippen molar-refractivity contribution in [1.29, 1.82) is 0 Å². The van der Waals surface area contributed by atoms with Crippen molar-refractivity contribution < 1.29 is 18.7 Å². The van der Waals surface area contributed by atoms with E-state index in [1.165, 1.54) is 18.2 Å². The van der Waals surface area contributed by atoms with Crippen LogP contribution in [0.15, 0.2) is 36.4 Å². The Labute approximate surface area is 151 Å². The van der Waals surface area contributed by atoms with Gasteiger partial charge in [0.25, 0.3) is 0 Å². The van der Waals surface area contributed by atoms with Gasteiger partial charge in [-0.05, 0) is 44.2 Å². The fourth-order valence-electron chi connectivity index (χ4n) is 2.15. The van der Waals surface area contributed by atoms with Crippen LogP contribution in [0.2, 0.25) is 5.02 Å². The maximum Gasteiger partial charge on any atom is 0.243 e. The summed E-state index contributed by atoms with van der Waals surface area (Å²) in [7, 11) is 0. The van der Waals surface area contributed by atoms with Crippen molar-refractivity contribution in [3.05, 3.63) is 47.2 Å². The topological polar surface area (TPSA) is 59.6 Å². The number of rotatable bonds is 8. The molecular formula is C18H20ClFN2O3. The van der Waals surface area contributed by atoms with E-state index in [-0.39, 0.29) is 18.1 Å². The number of carbonyl (C=O) groups excluding carboxylic acids is 1. The maximum absolute atomic E-state index is 13.7. The van der Waals surface area contributed by atoms with E-state index >= 15 is 0 Å². The van der Waals surface area contributed by atoms with Gasteiger partial charge in [-0.3, -0.25) is 4.79 Å². The van der Waals surface area contributed by atoms with Crippen LogP contribution in [0.5, 0.6) is 11.5 Å². The van der Waals surface area contributed by atoms with Gasteiger partial charge in [0, 0.05) is 11.1 Å². The summed E-state index contributed by atoms with van der Waals surface area (Å²) in [5, 5.41) is 5.84. The van der Waals surface area contributed by atoms with Crippen LogP contribution in [0.25, 0.3) is 0 Å². The summed E-state index contributed by atoms with van der Waals surface area (Å²) in [6, 6.07) is 9.28. The highest BCUT2D eigenvalue weighted by molar-refractivity contribution is 6.30. The average molecular weight is 367 g/mol. The number of hydrogen-bond donors (Lipinski definition) is 2. The molecule has 0 unspecified atom stereocenters. The fraction of sp³-hybridized carbons (Fsp3) is 0.278. The first-order valence-corrected chi connectivity index (χ1v) is 8.29. The quantitative estimate of drug-likeness (QED) is 0.730. The van der Waals surface area contributed by atoms with E-state index in [1.54, 1.807) is 18.2 Å². The Kier molecular flexibility index (Phi) is 6.89. The minimum absolute atomic E-state index is 0.123. The van der Waals surface area contributed by atoms with Crippen LogP contribution in [0, 0.1) is 5.82 Å². The molecule has 0 aliphatic rings. The van der Waals surface area contributed by atoms with Crippen LogP contribution < -0.4 is 20.1 Å². The highest BCUT2D eigenvalue weighted by Crippen LogP contribution is 2.29. The highest BCUT2D eigenvalue weighted by Gasteiger charge is 2.11. The van der Waals surface area contributed by atoms with Gasteiger partial charge in [0.15, 0.2) is 0 Å². The second-order valence-electron chi connectivity index (χ2n) is 5.05. The molecule has 0 aliphatic heterocycles. The van der Waals surface area contributed by atoms with Gasteiger partial charge in [0.2, 0.25) is 5.91 Å². The van der Waals surface area contributed by atoms with Crippen LogP contribution in [0.1, 0.15) is 13.8 Å². The van der Waals surface area contributed by atoms with Gasteiger partial charge in [-0.15, -0.1) is 0 Å². The first-order chi connectivity index (χ1) is 12.0. The minimum Gasteiger partial charge on any atom is -0.494 e. The lowest BCUT2D eigenvalue weighted by Gasteiger charge is -2.14. The molecule has 0 saturated carbocycles. The van der Waals surface area contributed by atoms with E-state index in [1.807, 2.05) is 13.8 Å².